The molecule has 0 atom stereocenters. The van der Waals surface area contributed by atoms with Gasteiger partial charge in [-0.15, -0.1) is 0 Å². The first-order chi connectivity index (χ1) is 14.2. The Morgan fingerprint density at radius 2 is 1.14 bits per heavy atom. The van der Waals surface area contributed by atoms with Crippen LogP contribution in [0.5, 0.6) is 0 Å². The molecule has 0 aromatic heterocycles. The van der Waals surface area contributed by atoms with E-state index in [9.17, 15) is 0 Å². The minimum absolute atomic E-state index is 0.160. The Kier molecular flexibility index (Phi) is 8.14. The Morgan fingerprint density at radius 3 is 1.59 bits per heavy atom. The Morgan fingerprint density at radius 1 is 0.690 bits per heavy atom. The highest BCUT2D eigenvalue weighted by atomic mass is 28.4. The van der Waals surface area contributed by atoms with Crippen LogP contribution in [0.1, 0.15) is 76.0 Å². The van der Waals surface area contributed by atoms with E-state index in [1.807, 2.05) is 0 Å². The lowest BCUT2D eigenvalue weighted by Gasteiger charge is -2.42. The van der Waals surface area contributed by atoms with Gasteiger partial charge in [-0.3, -0.25) is 0 Å². The molecule has 0 heterocycles. The fourth-order valence-corrected chi connectivity index (χ4v) is 10.2. The third-order valence-corrected chi connectivity index (χ3v) is 11.4. The van der Waals surface area contributed by atoms with Gasteiger partial charge >= 0.3 is 0 Å². The van der Waals surface area contributed by atoms with Gasteiger partial charge in [0.2, 0.25) is 0 Å². The van der Waals surface area contributed by atoms with Crippen LogP contribution in [0, 0.1) is 0 Å². The van der Waals surface area contributed by atoms with Crippen LogP contribution in [0.3, 0.4) is 0 Å². The highest BCUT2D eigenvalue weighted by molar-refractivity contribution is 6.73. The third-order valence-electron chi connectivity index (χ3n) is 6.74. The third kappa shape index (κ3) is 5.41. The second-order valence-corrected chi connectivity index (χ2v) is 13.1. The molecule has 1 aliphatic rings. The first-order valence-corrected chi connectivity index (χ1v) is 14.5. The lowest BCUT2D eigenvalue weighted by molar-refractivity contribution is 0.0624. The first-order valence-electron chi connectivity index (χ1n) is 12.0. The van der Waals surface area contributed by atoms with Gasteiger partial charge in [0.1, 0.15) is 0 Å². The number of fused-ring (bicyclic) bond motifs is 1. The molecular weight excluding hydrogens is 368 g/mol. The summed E-state index contributed by atoms with van der Waals surface area (Å²) in [6.07, 6.45) is 9.84. The Bertz CT molecular complexity index is 692. The normalized spacial score (nSPS) is 15.4. The van der Waals surface area contributed by atoms with Crippen molar-refractivity contribution in [3.63, 3.8) is 0 Å². The van der Waals surface area contributed by atoms with Crippen LogP contribution in [0.2, 0.25) is 18.1 Å². The van der Waals surface area contributed by atoms with Crippen LogP contribution >= 0.6 is 0 Å². The van der Waals surface area contributed by atoms with Crippen molar-refractivity contribution < 1.29 is 4.43 Å². The molecule has 0 amide bonds. The Hall–Kier alpha value is -1.38. The molecule has 0 fully saturated rings. The summed E-state index contributed by atoms with van der Waals surface area (Å²) < 4.78 is 7.60. The predicted molar refractivity (Wildman–Crippen MR) is 128 cm³/mol. The van der Waals surface area contributed by atoms with Gasteiger partial charge in [0.05, 0.1) is 5.60 Å². The van der Waals surface area contributed by atoms with Crippen molar-refractivity contribution in [3.05, 3.63) is 71.3 Å². The van der Waals surface area contributed by atoms with Crippen LogP contribution < -0.4 is 0 Å². The Labute approximate surface area is 180 Å². The van der Waals surface area contributed by atoms with Crippen LogP contribution in [0.15, 0.2) is 54.6 Å². The van der Waals surface area contributed by atoms with Crippen molar-refractivity contribution in [3.8, 4) is 0 Å². The molecule has 0 spiro atoms. The summed E-state index contributed by atoms with van der Waals surface area (Å²) >= 11 is 0. The zero-order chi connectivity index (χ0) is 20.6. The van der Waals surface area contributed by atoms with Crippen molar-refractivity contribution >= 4 is 8.32 Å². The van der Waals surface area contributed by atoms with Gasteiger partial charge in [-0.2, -0.15) is 0 Å². The van der Waals surface area contributed by atoms with Gasteiger partial charge in [-0.05, 0) is 34.8 Å². The highest BCUT2D eigenvalue weighted by Gasteiger charge is 2.46. The molecular formula is C27H40OSi. The average Bonchev–Trinajstić information content (AvgIpc) is 3.14. The summed E-state index contributed by atoms with van der Waals surface area (Å²) in [7, 11) is -1.82. The molecule has 3 rings (SSSR count). The van der Waals surface area contributed by atoms with E-state index in [4.69, 9.17) is 4.43 Å². The molecule has 0 aliphatic heterocycles. The van der Waals surface area contributed by atoms with E-state index in [2.05, 4.69) is 75.4 Å². The van der Waals surface area contributed by atoms with Gasteiger partial charge in [-0.25, -0.2) is 0 Å². The van der Waals surface area contributed by atoms with E-state index in [1.165, 1.54) is 73.3 Å². The summed E-state index contributed by atoms with van der Waals surface area (Å²) in [6.45, 7) is 6.99. The second kappa shape index (κ2) is 10.6. The minimum atomic E-state index is -1.82. The van der Waals surface area contributed by atoms with Crippen LogP contribution in [-0.4, -0.2) is 8.32 Å². The van der Waals surface area contributed by atoms with Gasteiger partial charge < -0.3 is 4.43 Å². The molecule has 0 radical (unpaired) electrons. The smallest absolute Gasteiger partial charge is 0.194 e. The molecule has 0 unspecified atom stereocenters. The lowest BCUT2D eigenvalue weighted by Crippen LogP contribution is -2.47. The summed E-state index contributed by atoms with van der Waals surface area (Å²) in [6, 6.07) is 24.1. The van der Waals surface area contributed by atoms with Crippen molar-refractivity contribution in [1.29, 1.82) is 0 Å². The van der Waals surface area contributed by atoms with E-state index >= 15 is 0 Å². The summed E-state index contributed by atoms with van der Waals surface area (Å²) in [4.78, 5) is 0. The standard InChI is InChI=1S/C27H40OSi/c1-4-7-19-29(20-8-5-2,21-9-6-3)28-27(26-17-11-10-12-18-26)22-24-15-13-14-16-25(24)23-27/h10-18H,4-9,19-23H2,1-3H3. The van der Waals surface area contributed by atoms with Crippen molar-refractivity contribution in [1.82, 2.24) is 0 Å². The number of hydrogen-bond donors (Lipinski definition) is 0. The number of rotatable bonds is 12. The summed E-state index contributed by atoms with van der Waals surface area (Å²) in [5.74, 6) is 0. The number of benzene rings is 2. The monoisotopic (exact) mass is 408 g/mol. The fourth-order valence-electron chi connectivity index (χ4n) is 5.10. The maximum absolute atomic E-state index is 7.60. The molecule has 1 nitrogen and oxygen atoms in total. The van der Waals surface area contributed by atoms with E-state index < -0.39 is 8.32 Å². The molecule has 2 aromatic rings. The Balaban J connectivity index is 1.99. The minimum Gasteiger partial charge on any atom is -0.407 e. The lowest BCUT2D eigenvalue weighted by atomic mass is 9.91. The zero-order valence-corrected chi connectivity index (χ0v) is 19.9. The zero-order valence-electron chi connectivity index (χ0n) is 18.9. The van der Waals surface area contributed by atoms with E-state index in [0.29, 0.717) is 0 Å². The summed E-state index contributed by atoms with van der Waals surface area (Å²) in [5.41, 5.74) is 4.20. The predicted octanol–water partition coefficient (Wildman–Crippen LogP) is 8.04. The SMILES string of the molecule is CCCC[Si](CCCC)(CCCC)OC1(c2ccccc2)Cc2ccccc2C1. The molecule has 1 aliphatic carbocycles. The van der Waals surface area contributed by atoms with E-state index in [-0.39, 0.29) is 5.60 Å². The highest BCUT2D eigenvalue weighted by Crippen LogP contribution is 2.45. The van der Waals surface area contributed by atoms with Crippen LogP contribution in [0.25, 0.3) is 0 Å². The molecule has 2 heteroatoms. The van der Waals surface area contributed by atoms with Crippen molar-refractivity contribution in [2.45, 2.75) is 95.9 Å². The molecule has 2 aromatic carbocycles. The molecule has 0 saturated carbocycles. The quantitative estimate of drug-likeness (QED) is 0.323. The number of hydrogen-bond acceptors (Lipinski definition) is 1. The number of unbranched alkanes of at least 4 members (excludes halogenated alkanes) is 3. The second-order valence-electron chi connectivity index (χ2n) is 9.08. The van der Waals surface area contributed by atoms with Crippen LogP contribution in [0.4, 0.5) is 0 Å². The van der Waals surface area contributed by atoms with E-state index in [1.54, 1.807) is 0 Å². The maximum Gasteiger partial charge on any atom is 0.194 e. The molecule has 0 saturated heterocycles. The maximum atomic E-state index is 7.60. The molecule has 0 bridgehead atoms. The average molecular weight is 409 g/mol. The topological polar surface area (TPSA) is 9.23 Å². The van der Waals surface area contributed by atoms with Crippen molar-refractivity contribution in [2.75, 3.05) is 0 Å². The molecule has 0 N–H and O–H groups in total. The van der Waals surface area contributed by atoms with Gasteiger partial charge in [0.25, 0.3) is 0 Å². The van der Waals surface area contributed by atoms with Gasteiger partial charge in [-0.1, -0.05) is 114 Å². The summed E-state index contributed by atoms with van der Waals surface area (Å²) in [5, 5.41) is 0. The fraction of sp³-hybridized carbons (Fsp3) is 0.556. The largest absolute Gasteiger partial charge is 0.407 e. The first kappa shape index (κ1) is 22.3. The molecule has 158 valence electrons. The van der Waals surface area contributed by atoms with Gasteiger partial charge in [0.15, 0.2) is 8.32 Å². The van der Waals surface area contributed by atoms with Crippen molar-refractivity contribution in [2.24, 2.45) is 0 Å². The molecule has 29 heavy (non-hydrogen) atoms. The van der Waals surface area contributed by atoms with Gasteiger partial charge in [0, 0.05) is 12.8 Å². The van der Waals surface area contributed by atoms with Crippen LogP contribution in [-0.2, 0) is 22.9 Å². The van der Waals surface area contributed by atoms with E-state index in [0.717, 1.165) is 12.8 Å².